The molecule has 0 spiro atoms. The van der Waals surface area contributed by atoms with E-state index in [-0.39, 0.29) is 5.25 Å². The topological polar surface area (TPSA) is 29.9 Å². The maximum Gasteiger partial charge on any atom is 0.133 e. The van der Waals surface area contributed by atoms with Gasteiger partial charge in [0.25, 0.3) is 0 Å². The minimum Gasteiger partial charge on any atom is -0.334 e. The maximum atomic E-state index is 5.99. The quantitative estimate of drug-likeness (QED) is 0.805. The Balaban J connectivity index is 2.12. The average Bonchev–Trinajstić information content (AvgIpc) is 2.60. The molecule has 1 aromatic heterocycles. The van der Waals surface area contributed by atoms with Crippen LogP contribution in [-0.2, 0) is 7.05 Å². The number of thioether (sulfide) groups is 1. The lowest BCUT2D eigenvalue weighted by Crippen LogP contribution is -2.13. The minimum atomic E-state index is 0.226. The van der Waals surface area contributed by atoms with Gasteiger partial charge in [-0.3, -0.25) is 4.68 Å². The third kappa shape index (κ3) is 2.45. The van der Waals surface area contributed by atoms with Crippen molar-refractivity contribution in [2.45, 2.75) is 12.2 Å². The summed E-state index contributed by atoms with van der Waals surface area (Å²) in [5.41, 5.74) is 3.47. The summed E-state index contributed by atoms with van der Waals surface area (Å²) in [5, 5.41) is 8.80. The number of anilines is 1. The Morgan fingerprint density at radius 2 is 2.10 bits per heavy atom. The molecule has 0 radical (unpaired) electrons. The lowest BCUT2D eigenvalue weighted by Gasteiger charge is -2.15. The van der Waals surface area contributed by atoms with Gasteiger partial charge in [-0.1, -0.05) is 36.0 Å². The van der Waals surface area contributed by atoms with E-state index in [1.165, 1.54) is 11.1 Å². The molecule has 1 unspecified atom stereocenters. The standard InChI is InChI=1S/C14H14ClN3S2/c1-8-12-13(9-3-5-10(15)6-4-9)20-7-11(19)16-14(12)18(2)17-8/h3-6,13H,7H2,1-2H3,(H,16,19). The van der Waals surface area contributed by atoms with Crippen LogP contribution in [0.3, 0.4) is 0 Å². The van der Waals surface area contributed by atoms with E-state index in [2.05, 4.69) is 22.5 Å². The molecule has 6 heteroatoms. The second-order valence-corrected chi connectivity index (χ2v) is 6.78. The number of hydrogen-bond donors (Lipinski definition) is 1. The SMILES string of the molecule is Cc1nn(C)c2c1C(c1ccc(Cl)cc1)SCC(=S)N2. The summed E-state index contributed by atoms with van der Waals surface area (Å²) in [4.78, 5) is 0.843. The smallest absolute Gasteiger partial charge is 0.133 e. The first-order chi connectivity index (χ1) is 9.56. The number of fused-ring (bicyclic) bond motifs is 1. The highest BCUT2D eigenvalue weighted by Gasteiger charge is 2.28. The number of rotatable bonds is 1. The third-order valence-corrected chi connectivity index (χ3v) is 5.32. The van der Waals surface area contributed by atoms with Crippen molar-refractivity contribution in [3.05, 3.63) is 46.1 Å². The molecule has 3 rings (SSSR count). The maximum absolute atomic E-state index is 5.99. The Bertz CT molecular complexity index is 664. The number of aromatic nitrogens is 2. The molecule has 20 heavy (non-hydrogen) atoms. The summed E-state index contributed by atoms with van der Waals surface area (Å²) < 4.78 is 1.87. The summed E-state index contributed by atoms with van der Waals surface area (Å²) in [6.07, 6.45) is 0. The van der Waals surface area contributed by atoms with Crippen LogP contribution in [0.2, 0.25) is 5.02 Å². The molecule has 1 aliphatic rings. The molecule has 1 aromatic carbocycles. The van der Waals surface area contributed by atoms with Crippen molar-refractivity contribution in [1.82, 2.24) is 9.78 Å². The van der Waals surface area contributed by atoms with E-state index >= 15 is 0 Å². The van der Waals surface area contributed by atoms with Crippen LogP contribution in [0.1, 0.15) is 22.1 Å². The van der Waals surface area contributed by atoms with Crippen LogP contribution in [0.15, 0.2) is 24.3 Å². The van der Waals surface area contributed by atoms with Gasteiger partial charge in [-0.2, -0.15) is 5.10 Å². The van der Waals surface area contributed by atoms with E-state index in [1.807, 2.05) is 42.5 Å². The Morgan fingerprint density at radius 3 is 2.80 bits per heavy atom. The molecule has 0 saturated carbocycles. The van der Waals surface area contributed by atoms with Gasteiger partial charge in [-0.05, 0) is 24.6 Å². The van der Waals surface area contributed by atoms with Crippen molar-refractivity contribution in [2.75, 3.05) is 11.1 Å². The van der Waals surface area contributed by atoms with Gasteiger partial charge in [0.1, 0.15) is 5.82 Å². The molecular weight excluding hydrogens is 310 g/mol. The molecule has 0 aliphatic carbocycles. The highest BCUT2D eigenvalue weighted by Crippen LogP contribution is 2.43. The Hall–Kier alpha value is -1.04. The lowest BCUT2D eigenvalue weighted by molar-refractivity contribution is 0.766. The number of aryl methyl sites for hydroxylation is 2. The van der Waals surface area contributed by atoms with Gasteiger partial charge in [-0.15, -0.1) is 11.8 Å². The molecule has 0 bridgehead atoms. The fraction of sp³-hybridized carbons (Fsp3) is 0.286. The van der Waals surface area contributed by atoms with Gasteiger partial charge in [0.05, 0.1) is 15.9 Å². The third-order valence-electron chi connectivity index (χ3n) is 3.34. The second kappa shape index (κ2) is 5.39. The summed E-state index contributed by atoms with van der Waals surface area (Å²) in [5.74, 6) is 1.80. The van der Waals surface area contributed by atoms with Crippen molar-refractivity contribution in [1.29, 1.82) is 0 Å². The predicted molar refractivity (Wildman–Crippen MR) is 89.9 cm³/mol. The second-order valence-electron chi connectivity index (χ2n) is 4.76. The van der Waals surface area contributed by atoms with Gasteiger partial charge < -0.3 is 5.32 Å². The monoisotopic (exact) mass is 323 g/mol. The van der Waals surface area contributed by atoms with Gasteiger partial charge in [-0.25, -0.2) is 0 Å². The molecule has 0 amide bonds. The van der Waals surface area contributed by atoms with Gasteiger partial charge in [0, 0.05) is 23.4 Å². The van der Waals surface area contributed by atoms with Crippen LogP contribution >= 0.6 is 35.6 Å². The lowest BCUT2D eigenvalue weighted by atomic mass is 10.0. The number of hydrogen-bond acceptors (Lipinski definition) is 3. The molecule has 2 aromatic rings. The summed E-state index contributed by atoms with van der Waals surface area (Å²) in [6, 6.07) is 8.01. The molecule has 1 aliphatic heterocycles. The largest absolute Gasteiger partial charge is 0.334 e. The van der Waals surface area contributed by atoms with E-state index in [9.17, 15) is 0 Å². The predicted octanol–water partition coefficient (Wildman–Crippen LogP) is 3.96. The highest BCUT2D eigenvalue weighted by atomic mass is 35.5. The molecule has 2 heterocycles. The molecule has 1 atom stereocenters. The zero-order chi connectivity index (χ0) is 14.3. The first-order valence-corrected chi connectivity index (χ1v) is 8.10. The summed E-state index contributed by atoms with van der Waals surface area (Å²) in [7, 11) is 1.94. The van der Waals surface area contributed by atoms with Gasteiger partial charge >= 0.3 is 0 Å². The van der Waals surface area contributed by atoms with Crippen LogP contribution < -0.4 is 5.32 Å². The number of thiocarbonyl (C=S) groups is 1. The highest BCUT2D eigenvalue weighted by molar-refractivity contribution is 8.01. The zero-order valence-electron chi connectivity index (χ0n) is 11.2. The van der Waals surface area contributed by atoms with E-state index in [0.717, 1.165) is 27.3 Å². The van der Waals surface area contributed by atoms with Crippen LogP contribution in [0.5, 0.6) is 0 Å². The molecule has 1 N–H and O–H groups in total. The van der Waals surface area contributed by atoms with Crippen molar-refractivity contribution >= 4 is 46.4 Å². The van der Waals surface area contributed by atoms with E-state index < -0.39 is 0 Å². The van der Waals surface area contributed by atoms with Crippen LogP contribution in [-0.4, -0.2) is 20.5 Å². The minimum absolute atomic E-state index is 0.226. The fourth-order valence-corrected chi connectivity index (χ4v) is 4.06. The van der Waals surface area contributed by atoms with Crippen molar-refractivity contribution < 1.29 is 0 Å². The van der Waals surface area contributed by atoms with Crippen LogP contribution in [0.25, 0.3) is 0 Å². The Labute approximate surface area is 132 Å². The first kappa shape index (κ1) is 13.9. The van der Waals surface area contributed by atoms with Crippen LogP contribution in [0.4, 0.5) is 5.82 Å². The normalized spacial score (nSPS) is 18.4. The molecule has 0 fully saturated rings. The molecule has 3 nitrogen and oxygen atoms in total. The number of halogens is 1. The average molecular weight is 324 g/mol. The fourth-order valence-electron chi connectivity index (χ4n) is 2.45. The molecular formula is C14H14ClN3S2. The number of nitrogens with zero attached hydrogens (tertiary/aromatic N) is 2. The molecule has 104 valence electrons. The van der Waals surface area contributed by atoms with E-state index in [4.69, 9.17) is 23.8 Å². The van der Waals surface area contributed by atoms with Crippen molar-refractivity contribution in [2.24, 2.45) is 7.05 Å². The number of benzene rings is 1. The van der Waals surface area contributed by atoms with Crippen molar-refractivity contribution in [3.63, 3.8) is 0 Å². The van der Waals surface area contributed by atoms with Crippen molar-refractivity contribution in [3.8, 4) is 0 Å². The van der Waals surface area contributed by atoms with E-state index in [1.54, 1.807) is 0 Å². The zero-order valence-corrected chi connectivity index (χ0v) is 13.6. The van der Waals surface area contributed by atoms with Gasteiger partial charge in [0.2, 0.25) is 0 Å². The van der Waals surface area contributed by atoms with E-state index in [0.29, 0.717) is 0 Å². The van der Waals surface area contributed by atoms with Crippen LogP contribution in [0, 0.1) is 6.92 Å². The molecule has 0 saturated heterocycles. The Kier molecular flexibility index (Phi) is 3.75. The number of nitrogens with one attached hydrogen (secondary N) is 1. The first-order valence-electron chi connectivity index (χ1n) is 6.26. The Morgan fingerprint density at radius 1 is 1.40 bits per heavy atom. The summed E-state index contributed by atoms with van der Waals surface area (Å²) >= 11 is 13.2. The van der Waals surface area contributed by atoms with Gasteiger partial charge in [0.15, 0.2) is 0 Å². The summed E-state index contributed by atoms with van der Waals surface area (Å²) in [6.45, 7) is 2.04.